The van der Waals surface area contributed by atoms with E-state index >= 15 is 0 Å². The third-order valence-corrected chi connectivity index (χ3v) is 3.30. The van der Waals surface area contributed by atoms with Crippen molar-refractivity contribution in [3.8, 4) is 0 Å². The number of pyridine rings is 1. The molecule has 0 saturated carbocycles. The van der Waals surface area contributed by atoms with Crippen LogP contribution in [0.15, 0.2) is 30.5 Å². The highest BCUT2D eigenvalue weighted by atomic mass is 15.1. The summed E-state index contributed by atoms with van der Waals surface area (Å²) in [6.45, 7) is 3.21. The lowest BCUT2D eigenvalue weighted by atomic mass is 10.1. The van der Waals surface area contributed by atoms with E-state index in [1.165, 1.54) is 23.9 Å². The van der Waals surface area contributed by atoms with Crippen molar-refractivity contribution in [2.24, 2.45) is 0 Å². The molecule has 1 atom stereocenters. The summed E-state index contributed by atoms with van der Waals surface area (Å²) in [6.07, 6.45) is 4.33. The number of para-hydroxylation sites is 1. The minimum Gasteiger partial charge on any atom is -0.380 e. The monoisotopic (exact) mass is 227 g/mol. The first-order valence-corrected chi connectivity index (χ1v) is 6.26. The highest BCUT2D eigenvalue weighted by Gasteiger charge is 2.18. The fraction of sp³-hybridized carbons (Fsp3) is 0.357. The third-order valence-electron chi connectivity index (χ3n) is 3.30. The van der Waals surface area contributed by atoms with Crippen LogP contribution in [0.4, 0.5) is 11.4 Å². The Morgan fingerprint density at radius 3 is 3.12 bits per heavy atom. The molecule has 2 N–H and O–H groups in total. The maximum atomic E-state index is 4.46. The van der Waals surface area contributed by atoms with Gasteiger partial charge in [0, 0.05) is 18.0 Å². The van der Waals surface area contributed by atoms with Crippen molar-refractivity contribution >= 4 is 22.3 Å². The Hall–Kier alpha value is -1.77. The Kier molecular flexibility index (Phi) is 2.59. The minimum atomic E-state index is 0.526. The molecule has 2 aromatic rings. The quantitative estimate of drug-likeness (QED) is 0.827. The summed E-state index contributed by atoms with van der Waals surface area (Å²) in [5, 5.41) is 8.31. The molecule has 1 aliphatic heterocycles. The smallest absolute Gasteiger partial charge is 0.0769 e. The molecule has 0 fully saturated rings. The van der Waals surface area contributed by atoms with Crippen molar-refractivity contribution < 1.29 is 0 Å². The summed E-state index contributed by atoms with van der Waals surface area (Å²) in [5.74, 6) is 0. The Morgan fingerprint density at radius 2 is 2.24 bits per heavy atom. The molecule has 0 bridgehead atoms. The van der Waals surface area contributed by atoms with Crippen molar-refractivity contribution in [1.29, 1.82) is 0 Å². The van der Waals surface area contributed by atoms with Gasteiger partial charge in [-0.05, 0) is 12.5 Å². The summed E-state index contributed by atoms with van der Waals surface area (Å²) < 4.78 is 0. The Morgan fingerprint density at radius 1 is 1.35 bits per heavy atom. The molecule has 17 heavy (non-hydrogen) atoms. The standard InChI is InChI=1S/C14H17N3/c1-2-5-10-8-15-13-9-16-12-7-4-3-6-11(12)14(13)17-10/h3-4,6-7,9-10,15,17H,2,5,8H2,1H3. The van der Waals surface area contributed by atoms with Crippen molar-refractivity contribution in [2.75, 3.05) is 17.2 Å². The van der Waals surface area contributed by atoms with Gasteiger partial charge in [0.15, 0.2) is 0 Å². The summed E-state index contributed by atoms with van der Waals surface area (Å²) in [7, 11) is 0. The number of rotatable bonds is 2. The van der Waals surface area contributed by atoms with E-state index in [1.807, 2.05) is 12.3 Å². The predicted octanol–water partition coefficient (Wildman–Crippen LogP) is 3.24. The molecule has 2 heterocycles. The van der Waals surface area contributed by atoms with Crippen LogP contribution in [-0.4, -0.2) is 17.6 Å². The van der Waals surface area contributed by atoms with Gasteiger partial charge in [0.1, 0.15) is 0 Å². The molecule has 0 radical (unpaired) electrons. The van der Waals surface area contributed by atoms with E-state index in [9.17, 15) is 0 Å². The van der Waals surface area contributed by atoms with Gasteiger partial charge in [0.05, 0.1) is 23.1 Å². The zero-order valence-electron chi connectivity index (χ0n) is 10.0. The molecule has 1 aromatic carbocycles. The maximum absolute atomic E-state index is 4.46. The van der Waals surface area contributed by atoms with Crippen LogP contribution in [0.25, 0.3) is 10.9 Å². The van der Waals surface area contributed by atoms with Gasteiger partial charge in [-0.2, -0.15) is 0 Å². The molecule has 1 aromatic heterocycles. The summed E-state index contributed by atoms with van der Waals surface area (Å²) in [6, 6.07) is 8.81. The molecule has 88 valence electrons. The molecule has 0 amide bonds. The number of hydrogen-bond donors (Lipinski definition) is 2. The van der Waals surface area contributed by atoms with E-state index in [0.29, 0.717) is 6.04 Å². The van der Waals surface area contributed by atoms with Gasteiger partial charge in [-0.1, -0.05) is 31.5 Å². The molecular weight excluding hydrogens is 210 g/mol. The summed E-state index contributed by atoms with van der Waals surface area (Å²) >= 11 is 0. The highest BCUT2D eigenvalue weighted by Crippen LogP contribution is 2.33. The largest absolute Gasteiger partial charge is 0.380 e. The van der Waals surface area contributed by atoms with Crippen molar-refractivity contribution in [3.05, 3.63) is 30.5 Å². The minimum absolute atomic E-state index is 0.526. The van der Waals surface area contributed by atoms with E-state index in [1.54, 1.807) is 0 Å². The number of nitrogens with zero attached hydrogens (tertiary/aromatic N) is 1. The maximum Gasteiger partial charge on any atom is 0.0769 e. The lowest BCUT2D eigenvalue weighted by molar-refractivity contribution is 0.656. The van der Waals surface area contributed by atoms with Crippen molar-refractivity contribution in [3.63, 3.8) is 0 Å². The molecular formula is C14H17N3. The molecule has 0 aliphatic carbocycles. The van der Waals surface area contributed by atoms with E-state index < -0.39 is 0 Å². The van der Waals surface area contributed by atoms with Gasteiger partial charge in [-0.25, -0.2) is 0 Å². The fourth-order valence-electron chi connectivity index (χ4n) is 2.44. The molecule has 1 aliphatic rings. The number of hydrogen-bond acceptors (Lipinski definition) is 3. The lowest BCUT2D eigenvalue weighted by Gasteiger charge is -2.28. The number of anilines is 2. The van der Waals surface area contributed by atoms with Crippen LogP contribution in [0.3, 0.4) is 0 Å². The van der Waals surface area contributed by atoms with Gasteiger partial charge in [0.2, 0.25) is 0 Å². The second-order valence-corrected chi connectivity index (χ2v) is 4.57. The van der Waals surface area contributed by atoms with Crippen molar-refractivity contribution in [2.45, 2.75) is 25.8 Å². The van der Waals surface area contributed by atoms with Crippen LogP contribution < -0.4 is 10.6 Å². The van der Waals surface area contributed by atoms with Crippen molar-refractivity contribution in [1.82, 2.24) is 4.98 Å². The second-order valence-electron chi connectivity index (χ2n) is 4.57. The van der Waals surface area contributed by atoms with E-state index in [0.717, 1.165) is 17.7 Å². The first kappa shape index (κ1) is 10.4. The average Bonchev–Trinajstić information content (AvgIpc) is 2.39. The Balaban J connectivity index is 2.06. The molecule has 1 unspecified atom stereocenters. The summed E-state index contributed by atoms with van der Waals surface area (Å²) in [4.78, 5) is 4.46. The topological polar surface area (TPSA) is 37.0 Å². The fourth-order valence-corrected chi connectivity index (χ4v) is 2.44. The number of nitrogens with one attached hydrogen (secondary N) is 2. The Bertz CT molecular complexity index is 536. The van der Waals surface area contributed by atoms with Gasteiger partial charge >= 0.3 is 0 Å². The molecule has 3 heteroatoms. The number of fused-ring (bicyclic) bond motifs is 3. The van der Waals surface area contributed by atoms with E-state index in [2.05, 4.69) is 40.7 Å². The first-order valence-electron chi connectivity index (χ1n) is 6.26. The number of aromatic nitrogens is 1. The SMILES string of the molecule is CCCC1CNc2cnc3ccccc3c2N1. The zero-order valence-corrected chi connectivity index (χ0v) is 10.0. The molecule has 3 rings (SSSR count). The van der Waals surface area contributed by atoms with Crippen LogP contribution in [-0.2, 0) is 0 Å². The predicted molar refractivity (Wildman–Crippen MR) is 72.6 cm³/mol. The van der Waals surface area contributed by atoms with Gasteiger partial charge < -0.3 is 10.6 Å². The Labute approximate surface area is 101 Å². The van der Waals surface area contributed by atoms with Gasteiger partial charge in [-0.3, -0.25) is 4.98 Å². The van der Waals surface area contributed by atoms with E-state index in [-0.39, 0.29) is 0 Å². The molecule has 3 nitrogen and oxygen atoms in total. The highest BCUT2D eigenvalue weighted by molar-refractivity contribution is 5.98. The first-order chi connectivity index (χ1) is 8.38. The van der Waals surface area contributed by atoms with Crippen LogP contribution in [0.2, 0.25) is 0 Å². The normalized spacial score (nSPS) is 18.3. The van der Waals surface area contributed by atoms with E-state index in [4.69, 9.17) is 0 Å². The summed E-state index contributed by atoms with van der Waals surface area (Å²) in [5.41, 5.74) is 3.38. The molecule has 0 spiro atoms. The van der Waals surface area contributed by atoms with Gasteiger partial charge in [-0.15, -0.1) is 0 Å². The lowest BCUT2D eigenvalue weighted by Crippen LogP contribution is -2.32. The third kappa shape index (κ3) is 1.82. The van der Waals surface area contributed by atoms with Gasteiger partial charge in [0.25, 0.3) is 0 Å². The number of benzene rings is 1. The van der Waals surface area contributed by atoms with Crippen LogP contribution >= 0.6 is 0 Å². The second kappa shape index (κ2) is 4.24. The van der Waals surface area contributed by atoms with Crippen LogP contribution in [0.5, 0.6) is 0 Å². The zero-order chi connectivity index (χ0) is 11.7. The van der Waals surface area contributed by atoms with Crippen LogP contribution in [0.1, 0.15) is 19.8 Å². The van der Waals surface area contributed by atoms with Crippen LogP contribution in [0, 0.1) is 0 Å². The molecule has 0 saturated heterocycles. The average molecular weight is 227 g/mol.